The molecular weight excluding hydrogens is 494 g/mol. The number of methoxy groups -OCH3 is 2. The second kappa shape index (κ2) is 12.1. The van der Waals surface area contributed by atoms with E-state index in [1.807, 2.05) is 6.07 Å². The standard InChI is InChI=1S/C35H43N3O2/c1-4-30-31-22-27(10-12-32(31)36-35(30)28-11-13-33(39-2)34(23-28)40-3)26-14-20-38(21-15-26)29-16-18-37(19-17-29)24-25-8-6-5-7-9-25/h5-13,22-23,26,29,36H,4,14-21,24H2,1-3H3. The lowest BCUT2D eigenvalue weighted by Gasteiger charge is -2.42. The van der Waals surface area contributed by atoms with E-state index in [1.165, 1.54) is 85.1 Å². The Bertz CT molecular complexity index is 1410. The molecule has 6 rings (SSSR count). The molecule has 3 aromatic carbocycles. The second-order valence-corrected chi connectivity index (χ2v) is 11.5. The Morgan fingerprint density at radius 2 is 1.55 bits per heavy atom. The summed E-state index contributed by atoms with van der Waals surface area (Å²) in [5, 5.41) is 1.36. The number of benzene rings is 3. The third kappa shape index (κ3) is 5.50. The fraction of sp³-hybridized carbons (Fsp3) is 0.429. The molecule has 1 N–H and O–H groups in total. The number of hydrogen-bond donors (Lipinski definition) is 1. The number of H-pyrrole nitrogens is 1. The van der Waals surface area contributed by atoms with E-state index in [0.717, 1.165) is 36.1 Å². The molecule has 0 bridgehead atoms. The SMILES string of the molecule is CCc1c(-c2ccc(OC)c(OC)c2)[nH]c2ccc(C3CCN(C4CCN(Cc5ccccc5)CC4)CC3)cc12. The Morgan fingerprint density at radius 1 is 0.800 bits per heavy atom. The number of ether oxygens (including phenoxy) is 2. The van der Waals surface area contributed by atoms with Gasteiger partial charge in [0.2, 0.25) is 0 Å². The van der Waals surface area contributed by atoms with Crippen LogP contribution in [0.5, 0.6) is 11.5 Å². The molecule has 4 aromatic rings. The van der Waals surface area contributed by atoms with Crippen molar-refractivity contribution in [2.45, 2.75) is 57.5 Å². The van der Waals surface area contributed by atoms with Gasteiger partial charge < -0.3 is 19.4 Å². The lowest BCUT2D eigenvalue weighted by atomic mass is 9.87. The average Bonchev–Trinajstić information content (AvgIpc) is 3.39. The number of aromatic nitrogens is 1. The third-order valence-corrected chi connectivity index (χ3v) is 9.28. The minimum absolute atomic E-state index is 0.642. The highest BCUT2D eigenvalue weighted by molar-refractivity contribution is 5.91. The molecule has 0 unspecified atom stereocenters. The molecule has 40 heavy (non-hydrogen) atoms. The minimum Gasteiger partial charge on any atom is -0.493 e. The predicted molar refractivity (Wildman–Crippen MR) is 165 cm³/mol. The number of piperidine rings is 2. The minimum atomic E-state index is 0.642. The first-order chi connectivity index (χ1) is 19.7. The molecule has 0 amide bonds. The number of nitrogens with one attached hydrogen (secondary N) is 1. The molecule has 5 nitrogen and oxygen atoms in total. The molecule has 3 heterocycles. The first-order valence-electron chi connectivity index (χ1n) is 15.0. The van der Waals surface area contributed by atoms with Gasteiger partial charge in [0.05, 0.1) is 14.2 Å². The monoisotopic (exact) mass is 537 g/mol. The van der Waals surface area contributed by atoms with E-state index in [4.69, 9.17) is 9.47 Å². The van der Waals surface area contributed by atoms with Gasteiger partial charge in [-0.1, -0.05) is 43.3 Å². The zero-order valence-electron chi connectivity index (χ0n) is 24.3. The molecule has 210 valence electrons. The lowest BCUT2D eigenvalue weighted by molar-refractivity contribution is 0.0846. The van der Waals surface area contributed by atoms with Crippen LogP contribution in [0.2, 0.25) is 0 Å². The molecule has 2 saturated heterocycles. The highest BCUT2D eigenvalue weighted by atomic mass is 16.5. The molecule has 0 aliphatic carbocycles. The first-order valence-corrected chi connectivity index (χ1v) is 15.0. The third-order valence-electron chi connectivity index (χ3n) is 9.28. The van der Waals surface area contributed by atoms with Crippen LogP contribution in [0.3, 0.4) is 0 Å². The fourth-order valence-corrected chi connectivity index (χ4v) is 7.01. The second-order valence-electron chi connectivity index (χ2n) is 11.5. The van der Waals surface area contributed by atoms with Gasteiger partial charge in [-0.2, -0.15) is 0 Å². The van der Waals surface area contributed by atoms with Gasteiger partial charge in [-0.15, -0.1) is 0 Å². The Hall–Kier alpha value is -3.28. The molecular formula is C35H43N3O2. The van der Waals surface area contributed by atoms with Crippen LogP contribution >= 0.6 is 0 Å². The van der Waals surface area contributed by atoms with Crippen molar-refractivity contribution < 1.29 is 9.47 Å². The maximum absolute atomic E-state index is 5.58. The van der Waals surface area contributed by atoms with Crippen LogP contribution in [0.4, 0.5) is 0 Å². The van der Waals surface area contributed by atoms with E-state index in [0.29, 0.717) is 5.92 Å². The van der Waals surface area contributed by atoms with Crippen molar-refractivity contribution in [1.29, 1.82) is 0 Å². The summed E-state index contributed by atoms with van der Waals surface area (Å²) in [7, 11) is 3.37. The van der Waals surface area contributed by atoms with Crippen molar-refractivity contribution >= 4 is 10.9 Å². The highest BCUT2D eigenvalue weighted by Crippen LogP contribution is 2.38. The molecule has 0 radical (unpaired) electrons. The van der Waals surface area contributed by atoms with Gasteiger partial charge in [0.25, 0.3) is 0 Å². The van der Waals surface area contributed by atoms with Gasteiger partial charge in [0.15, 0.2) is 11.5 Å². The van der Waals surface area contributed by atoms with E-state index >= 15 is 0 Å². The van der Waals surface area contributed by atoms with E-state index in [1.54, 1.807) is 14.2 Å². The maximum atomic E-state index is 5.58. The Morgan fingerprint density at radius 3 is 2.25 bits per heavy atom. The molecule has 0 saturated carbocycles. The molecule has 1 aromatic heterocycles. The van der Waals surface area contributed by atoms with Crippen molar-refractivity contribution in [3.63, 3.8) is 0 Å². The number of rotatable bonds is 8. The van der Waals surface area contributed by atoms with Crippen molar-refractivity contribution in [1.82, 2.24) is 14.8 Å². The molecule has 2 fully saturated rings. The van der Waals surface area contributed by atoms with Crippen LogP contribution in [0.1, 0.15) is 55.2 Å². The molecule has 2 aliphatic heterocycles. The zero-order valence-corrected chi connectivity index (χ0v) is 24.3. The van der Waals surface area contributed by atoms with Crippen molar-refractivity contribution in [3.05, 3.63) is 83.4 Å². The fourth-order valence-electron chi connectivity index (χ4n) is 7.01. The molecule has 0 atom stereocenters. The summed E-state index contributed by atoms with van der Waals surface area (Å²) in [6, 6.07) is 25.0. The van der Waals surface area contributed by atoms with Crippen molar-refractivity contribution in [2.75, 3.05) is 40.4 Å². The van der Waals surface area contributed by atoms with Crippen molar-refractivity contribution in [3.8, 4) is 22.8 Å². The summed E-state index contributed by atoms with van der Waals surface area (Å²) in [4.78, 5) is 9.13. The van der Waals surface area contributed by atoms with Crippen LogP contribution in [-0.4, -0.2) is 61.2 Å². The number of likely N-dealkylation sites (tertiary alicyclic amines) is 2. The summed E-state index contributed by atoms with van der Waals surface area (Å²) >= 11 is 0. The quantitative estimate of drug-likeness (QED) is 0.257. The van der Waals surface area contributed by atoms with Crippen LogP contribution in [0.25, 0.3) is 22.2 Å². The van der Waals surface area contributed by atoms with Gasteiger partial charge in [-0.3, -0.25) is 4.90 Å². The number of aryl methyl sites for hydroxylation is 1. The topological polar surface area (TPSA) is 40.7 Å². The van der Waals surface area contributed by atoms with Crippen LogP contribution in [0, 0.1) is 0 Å². The van der Waals surface area contributed by atoms with Gasteiger partial charge in [-0.25, -0.2) is 0 Å². The van der Waals surface area contributed by atoms with E-state index in [9.17, 15) is 0 Å². The lowest BCUT2D eigenvalue weighted by Crippen LogP contribution is -2.47. The van der Waals surface area contributed by atoms with Gasteiger partial charge in [-0.05, 0) is 111 Å². The summed E-state index contributed by atoms with van der Waals surface area (Å²) in [5.74, 6) is 2.16. The van der Waals surface area contributed by atoms with Gasteiger partial charge in [0.1, 0.15) is 0 Å². The first kappa shape index (κ1) is 26.9. The smallest absolute Gasteiger partial charge is 0.161 e. The molecule has 2 aliphatic rings. The van der Waals surface area contributed by atoms with Gasteiger partial charge in [0, 0.05) is 34.7 Å². The number of nitrogens with zero attached hydrogens (tertiary/aromatic N) is 2. The predicted octanol–water partition coefficient (Wildman–Crippen LogP) is 7.26. The average molecular weight is 538 g/mol. The van der Waals surface area contributed by atoms with E-state index in [2.05, 4.69) is 82.4 Å². The van der Waals surface area contributed by atoms with Crippen LogP contribution in [-0.2, 0) is 13.0 Å². The maximum Gasteiger partial charge on any atom is 0.161 e. The Labute approximate surface area is 239 Å². The Kier molecular flexibility index (Phi) is 8.12. The Balaban J connectivity index is 1.11. The summed E-state index contributed by atoms with van der Waals surface area (Å²) in [5.41, 5.74) is 7.84. The van der Waals surface area contributed by atoms with Gasteiger partial charge >= 0.3 is 0 Å². The van der Waals surface area contributed by atoms with Crippen molar-refractivity contribution in [2.24, 2.45) is 0 Å². The number of aromatic amines is 1. The van der Waals surface area contributed by atoms with E-state index in [-0.39, 0.29) is 0 Å². The number of fused-ring (bicyclic) bond motifs is 1. The summed E-state index contributed by atoms with van der Waals surface area (Å²) in [6.45, 7) is 8.21. The largest absolute Gasteiger partial charge is 0.493 e. The zero-order chi connectivity index (χ0) is 27.5. The normalized spacial score (nSPS) is 17.9. The molecule has 5 heteroatoms. The summed E-state index contributed by atoms with van der Waals surface area (Å²) < 4.78 is 11.0. The highest BCUT2D eigenvalue weighted by Gasteiger charge is 2.29. The van der Waals surface area contributed by atoms with Crippen LogP contribution in [0.15, 0.2) is 66.7 Å². The van der Waals surface area contributed by atoms with Crippen LogP contribution < -0.4 is 9.47 Å². The summed E-state index contributed by atoms with van der Waals surface area (Å²) in [6.07, 6.45) is 6.08. The van der Waals surface area contributed by atoms with E-state index < -0.39 is 0 Å². The molecule has 0 spiro atoms. The number of hydrogen-bond acceptors (Lipinski definition) is 4.